The van der Waals surface area contributed by atoms with Crippen molar-refractivity contribution in [2.75, 3.05) is 5.75 Å². The van der Waals surface area contributed by atoms with Crippen LogP contribution in [-0.2, 0) is 6.42 Å². The molecule has 0 aliphatic rings. The smallest absolute Gasteiger partial charge is 0.115 e. The summed E-state index contributed by atoms with van der Waals surface area (Å²) in [5.41, 5.74) is 0.934. The van der Waals surface area contributed by atoms with Gasteiger partial charge in [0, 0.05) is 15.7 Å². The molecule has 0 aliphatic carbocycles. The van der Waals surface area contributed by atoms with Crippen molar-refractivity contribution < 1.29 is 10.2 Å². The van der Waals surface area contributed by atoms with Gasteiger partial charge in [0.2, 0.25) is 0 Å². The van der Waals surface area contributed by atoms with Gasteiger partial charge in [0.05, 0.1) is 6.10 Å². The molecule has 0 saturated carbocycles. The third-order valence-corrected chi connectivity index (χ3v) is 4.05. The highest BCUT2D eigenvalue weighted by Gasteiger charge is 2.07. The van der Waals surface area contributed by atoms with Crippen molar-refractivity contribution in [2.45, 2.75) is 17.4 Å². The lowest BCUT2D eigenvalue weighted by molar-refractivity contribution is 0.200. The van der Waals surface area contributed by atoms with Gasteiger partial charge < -0.3 is 10.2 Å². The van der Waals surface area contributed by atoms with Crippen LogP contribution in [0.25, 0.3) is 0 Å². The Kier molecular flexibility index (Phi) is 5.14. The van der Waals surface area contributed by atoms with Crippen molar-refractivity contribution in [3.8, 4) is 5.75 Å². The summed E-state index contributed by atoms with van der Waals surface area (Å²) in [7, 11) is 0. The van der Waals surface area contributed by atoms with E-state index < -0.39 is 6.10 Å². The van der Waals surface area contributed by atoms with E-state index in [2.05, 4.69) is 0 Å². The molecule has 0 fully saturated rings. The quantitative estimate of drug-likeness (QED) is 0.825. The Hall–Kier alpha value is -1.16. The van der Waals surface area contributed by atoms with Crippen LogP contribution in [-0.4, -0.2) is 22.1 Å². The average molecular weight is 295 g/mol. The molecule has 0 heterocycles. The first-order chi connectivity index (χ1) is 9.13. The average Bonchev–Trinajstić information content (AvgIpc) is 2.38. The molecule has 2 nitrogen and oxygen atoms in total. The van der Waals surface area contributed by atoms with Crippen LogP contribution in [0.15, 0.2) is 53.4 Å². The number of aliphatic hydroxyl groups excluding tert-OH is 1. The van der Waals surface area contributed by atoms with Crippen LogP contribution in [0.5, 0.6) is 5.75 Å². The number of aromatic hydroxyl groups is 1. The monoisotopic (exact) mass is 294 g/mol. The molecule has 0 saturated heterocycles. The second-order valence-electron chi connectivity index (χ2n) is 4.29. The number of benzene rings is 2. The Labute approximate surface area is 122 Å². The van der Waals surface area contributed by atoms with Gasteiger partial charge in [-0.25, -0.2) is 0 Å². The fourth-order valence-electron chi connectivity index (χ4n) is 1.74. The highest BCUT2D eigenvalue weighted by molar-refractivity contribution is 7.99. The minimum atomic E-state index is -0.442. The summed E-state index contributed by atoms with van der Waals surface area (Å²) >= 11 is 7.40. The molecule has 4 heteroatoms. The Morgan fingerprint density at radius 2 is 1.84 bits per heavy atom. The molecule has 2 rings (SSSR count). The van der Waals surface area contributed by atoms with Crippen molar-refractivity contribution in [2.24, 2.45) is 0 Å². The first-order valence-corrected chi connectivity index (χ1v) is 7.34. The lowest BCUT2D eigenvalue weighted by atomic mass is 10.1. The van der Waals surface area contributed by atoms with Crippen molar-refractivity contribution in [1.82, 2.24) is 0 Å². The summed E-state index contributed by atoms with van der Waals surface area (Å²) in [6.45, 7) is 0. The van der Waals surface area contributed by atoms with Crippen LogP contribution < -0.4 is 0 Å². The van der Waals surface area contributed by atoms with E-state index in [1.54, 1.807) is 30.0 Å². The lowest BCUT2D eigenvalue weighted by Gasteiger charge is -2.10. The Bertz CT molecular complexity index is 528. The normalized spacial score (nSPS) is 12.3. The van der Waals surface area contributed by atoms with Crippen LogP contribution in [0.3, 0.4) is 0 Å². The molecule has 2 aromatic carbocycles. The standard InChI is InChI=1S/C15H15ClO2S/c16-12-4-6-15(7-5-12)19-10-14(18)9-11-2-1-3-13(17)8-11/h1-8,14,17-18H,9-10H2. The summed E-state index contributed by atoms with van der Waals surface area (Å²) in [5.74, 6) is 0.840. The Morgan fingerprint density at radius 1 is 1.11 bits per heavy atom. The Balaban J connectivity index is 1.84. The van der Waals surface area contributed by atoms with Crippen molar-refractivity contribution in [1.29, 1.82) is 0 Å². The summed E-state index contributed by atoms with van der Waals surface area (Å²) in [6.07, 6.45) is 0.0945. The first kappa shape index (κ1) is 14.3. The maximum atomic E-state index is 9.98. The topological polar surface area (TPSA) is 40.5 Å². The molecule has 1 unspecified atom stereocenters. The van der Waals surface area contributed by atoms with E-state index in [4.69, 9.17) is 11.6 Å². The maximum Gasteiger partial charge on any atom is 0.115 e. The second-order valence-corrected chi connectivity index (χ2v) is 5.82. The summed E-state index contributed by atoms with van der Waals surface area (Å²) in [6, 6.07) is 14.5. The van der Waals surface area contributed by atoms with Crippen LogP contribution in [0.2, 0.25) is 5.02 Å². The van der Waals surface area contributed by atoms with Gasteiger partial charge in [-0.2, -0.15) is 0 Å². The van der Waals surface area contributed by atoms with E-state index in [1.807, 2.05) is 30.3 Å². The van der Waals surface area contributed by atoms with Gasteiger partial charge in [0.15, 0.2) is 0 Å². The molecular weight excluding hydrogens is 280 g/mol. The number of halogens is 1. The zero-order chi connectivity index (χ0) is 13.7. The molecule has 1 atom stereocenters. The molecule has 0 aromatic heterocycles. The number of hydrogen-bond donors (Lipinski definition) is 2. The van der Waals surface area contributed by atoms with Crippen molar-refractivity contribution in [3.63, 3.8) is 0 Å². The summed E-state index contributed by atoms with van der Waals surface area (Å²) in [5, 5.41) is 20.1. The molecule has 0 bridgehead atoms. The SMILES string of the molecule is Oc1cccc(CC(O)CSc2ccc(Cl)cc2)c1. The molecule has 0 aliphatic heterocycles. The number of thioether (sulfide) groups is 1. The molecule has 0 spiro atoms. The summed E-state index contributed by atoms with van der Waals surface area (Å²) < 4.78 is 0. The minimum absolute atomic E-state index is 0.232. The zero-order valence-corrected chi connectivity index (χ0v) is 11.9. The zero-order valence-electron chi connectivity index (χ0n) is 10.3. The first-order valence-electron chi connectivity index (χ1n) is 5.98. The number of phenols is 1. The van der Waals surface area contributed by atoms with Gasteiger partial charge >= 0.3 is 0 Å². The van der Waals surface area contributed by atoms with Crippen molar-refractivity contribution >= 4 is 23.4 Å². The highest BCUT2D eigenvalue weighted by Crippen LogP contribution is 2.22. The van der Waals surface area contributed by atoms with Crippen LogP contribution >= 0.6 is 23.4 Å². The number of phenolic OH excluding ortho intramolecular Hbond substituents is 1. The molecule has 100 valence electrons. The van der Waals surface area contributed by atoms with E-state index in [-0.39, 0.29) is 5.75 Å². The van der Waals surface area contributed by atoms with Gasteiger partial charge in [-0.15, -0.1) is 11.8 Å². The van der Waals surface area contributed by atoms with Crippen LogP contribution in [0.4, 0.5) is 0 Å². The number of aliphatic hydroxyl groups is 1. The highest BCUT2D eigenvalue weighted by atomic mass is 35.5. The lowest BCUT2D eigenvalue weighted by Crippen LogP contribution is -2.13. The molecule has 0 amide bonds. The third kappa shape index (κ3) is 4.78. The van der Waals surface area contributed by atoms with Gasteiger partial charge in [-0.05, 0) is 48.4 Å². The van der Waals surface area contributed by atoms with E-state index >= 15 is 0 Å². The summed E-state index contributed by atoms with van der Waals surface area (Å²) in [4.78, 5) is 1.08. The third-order valence-electron chi connectivity index (χ3n) is 2.64. The van der Waals surface area contributed by atoms with Gasteiger partial charge in [-0.1, -0.05) is 23.7 Å². The van der Waals surface area contributed by atoms with Gasteiger partial charge in [0.25, 0.3) is 0 Å². The fraction of sp³-hybridized carbons (Fsp3) is 0.200. The molecule has 0 radical (unpaired) electrons. The fourth-order valence-corrected chi connectivity index (χ4v) is 2.69. The van der Waals surface area contributed by atoms with Crippen LogP contribution in [0, 0.1) is 0 Å². The van der Waals surface area contributed by atoms with E-state index in [0.29, 0.717) is 17.2 Å². The number of rotatable bonds is 5. The predicted molar refractivity (Wildman–Crippen MR) is 80.0 cm³/mol. The minimum Gasteiger partial charge on any atom is -0.508 e. The van der Waals surface area contributed by atoms with Gasteiger partial charge in [-0.3, -0.25) is 0 Å². The molecule has 19 heavy (non-hydrogen) atoms. The van der Waals surface area contributed by atoms with Crippen molar-refractivity contribution in [3.05, 3.63) is 59.1 Å². The number of hydrogen-bond acceptors (Lipinski definition) is 3. The van der Waals surface area contributed by atoms with E-state index in [1.165, 1.54) is 0 Å². The molecule has 2 aromatic rings. The largest absolute Gasteiger partial charge is 0.508 e. The van der Waals surface area contributed by atoms with Gasteiger partial charge in [0.1, 0.15) is 5.75 Å². The Morgan fingerprint density at radius 3 is 2.53 bits per heavy atom. The molecule has 2 N–H and O–H groups in total. The van der Waals surface area contributed by atoms with E-state index in [0.717, 1.165) is 10.5 Å². The second kappa shape index (κ2) is 6.85. The predicted octanol–water partition coefficient (Wildman–Crippen LogP) is 3.74. The molecular formula is C15H15ClO2S. The van der Waals surface area contributed by atoms with E-state index in [9.17, 15) is 10.2 Å². The maximum absolute atomic E-state index is 9.98. The van der Waals surface area contributed by atoms with Crippen LogP contribution in [0.1, 0.15) is 5.56 Å².